The molecule has 0 spiro atoms. The van der Waals surface area contributed by atoms with E-state index in [9.17, 15) is 4.79 Å². The maximum atomic E-state index is 10.6. The van der Waals surface area contributed by atoms with Crippen molar-refractivity contribution >= 4 is 5.97 Å². The van der Waals surface area contributed by atoms with Crippen LogP contribution in [0.25, 0.3) is 0 Å². The molecule has 1 heterocycles. The minimum atomic E-state index is -0.704. The van der Waals surface area contributed by atoms with Crippen molar-refractivity contribution in [1.82, 2.24) is 9.80 Å². The van der Waals surface area contributed by atoms with Gasteiger partial charge in [0.1, 0.15) is 0 Å². The normalized spacial score (nSPS) is 17.2. The fourth-order valence-electron chi connectivity index (χ4n) is 2.25. The van der Waals surface area contributed by atoms with Gasteiger partial charge in [0.25, 0.3) is 0 Å². The summed E-state index contributed by atoms with van der Waals surface area (Å²) < 4.78 is 5.31. The quantitative estimate of drug-likeness (QED) is 0.666. The molecular formula is C13H26N2O3. The Bertz CT molecular complexity index is 230. The first-order valence-electron chi connectivity index (χ1n) is 6.96. The first-order chi connectivity index (χ1) is 8.72. The monoisotopic (exact) mass is 258 g/mol. The van der Waals surface area contributed by atoms with Crippen molar-refractivity contribution in [2.45, 2.75) is 26.2 Å². The lowest BCUT2D eigenvalue weighted by molar-refractivity contribution is -0.137. The summed E-state index contributed by atoms with van der Waals surface area (Å²) in [6.45, 7) is 9.65. The average molecular weight is 258 g/mol. The van der Waals surface area contributed by atoms with E-state index in [1.807, 2.05) is 0 Å². The van der Waals surface area contributed by atoms with Crippen molar-refractivity contribution in [3.8, 4) is 0 Å². The van der Waals surface area contributed by atoms with Crippen molar-refractivity contribution in [1.29, 1.82) is 0 Å². The van der Waals surface area contributed by atoms with Crippen LogP contribution in [0.4, 0.5) is 0 Å². The summed E-state index contributed by atoms with van der Waals surface area (Å²) in [5.74, 6) is -0.704. The molecule has 0 saturated carbocycles. The van der Waals surface area contributed by atoms with Gasteiger partial charge in [-0.15, -0.1) is 0 Å². The minimum Gasteiger partial charge on any atom is -0.481 e. The highest BCUT2D eigenvalue weighted by molar-refractivity contribution is 5.66. The maximum absolute atomic E-state index is 10.6. The van der Waals surface area contributed by atoms with Crippen LogP contribution in [0, 0.1) is 0 Å². The summed E-state index contributed by atoms with van der Waals surface area (Å²) in [6.07, 6.45) is 2.44. The predicted molar refractivity (Wildman–Crippen MR) is 70.9 cm³/mol. The van der Waals surface area contributed by atoms with Gasteiger partial charge in [0, 0.05) is 19.6 Å². The predicted octanol–water partition coefficient (Wildman–Crippen LogP) is 0.895. The third-order valence-corrected chi connectivity index (χ3v) is 3.23. The second kappa shape index (κ2) is 9.30. The second-order valence-electron chi connectivity index (χ2n) is 4.79. The van der Waals surface area contributed by atoms with E-state index < -0.39 is 5.97 Å². The van der Waals surface area contributed by atoms with E-state index in [1.54, 1.807) is 0 Å². The topological polar surface area (TPSA) is 53.0 Å². The number of rotatable bonds is 9. The SMILES string of the molecule is CCCN(CCCN1CCOCC1)CCC(=O)O. The zero-order valence-corrected chi connectivity index (χ0v) is 11.4. The summed E-state index contributed by atoms with van der Waals surface area (Å²) in [5.41, 5.74) is 0. The Morgan fingerprint density at radius 3 is 2.61 bits per heavy atom. The number of hydrogen-bond donors (Lipinski definition) is 1. The van der Waals surface area contributed by atoms with Gasteiger partial charge in [-0.2, -0.15) is 0 Å². The van der Waals surface area contributed by atoms with E-state index in [2.05, 4.69) is 16.7 Å². The third kappa shape index (κ3) is 6.93. The lowest BCUT2D eigenvalue weighted by Gasteiger charge is -2.28. The first-order valence-corrected chi connectivity index (χ1v) is 6.96. The van der Waals surface area contributed by atoms with Crippen molar-refractivity contribution in [3.05, 3.63) is 0 Å². The average Bonchev–Trinajstić information content (AvgIpc) is 2.37. The van der Waals surface area contributed by atoms with E-state index >= 15 is 0 Å². The highest BCUT2D eigenvalue weighted by atomic mass is 16.5. The molecule has 1 aliphatic heterocycles. The molecular weight excluding hydrogens is 232 g/mol. The van der Waals surface area contributed by atoms with Gasteiger partial charge in [0.2, 0.25) is 0 Å². The number of morpholine rings is 1. The molecule has 0 aromatic carbocycles. The van der Waals surface area contributed by atoms with E-state index in [1.165, 1.54) is 0 Å². The second-order valence-corrected chi connectivity index (χ2v) is 4.79. The molecule has 0 unspecified atom stereocenters. The van der Waals surface area contributed by atoms with Crippen molar-refractivity contribution in [2.24, 2.45) is 0 Å². The van der Waals surface area contributed by atoms with Crippen molar-refractivity contribution < 1.29 is 14.6 Å². The molecule has 5 nitrogen and oxygen atoms in total. The van der Waals surface area contributed by atoms with Gasteiger partial charge in [-0.05, 0) is 32.5 Å². The Morgan fingerprint density at radius 2 is 2.00 bits per heavy atom. The first kappa shape index (κ1) is 15.4. The van der Waals surface area contributed by atoms with E-state index in [0.29, 0.717) is 6.54 Å². The van der Waals surface area contributed by atoms with Gasteiger partial charge in [-0.3, -0.25) is 9.69 Å². The fraction of sp³-hybridized carbons (Fsp3) is 0.923. The van der Waals surface area contributed by atoms with Gasteiger partial charge in [0.05, 0.1) is 19.6 Å². The number of nitrogens with zero attached hydrogens (tertiary/aromatic N) is 2. The smallest absolute Gasteiger partial charge is 0.304 e. The molecule has 5 heteroatoms. The van der Waals surface area contributed by atoms with Crippen LogP contribution in [0.15, 0.2) is 0 Å². The Labute approximate surface area is 110 Å². The fourth-order valence-corrected chi connectivity index (χ4v) is 2.25. The Kier molecular flexibility index (Phi) is 7.96. The summed E-state index contributed by atoms with van der Waals surface area (Å²) in [4.78, 5) is 15.3. The molecule has 0 aliphatic carbocycles. The van der Waals surface area contributed by atoms with Gasteiger partial charge < -0.3 is 14.7 Å². The highest BCUT2D eigenvalue weighted by Gasteiger charge is 2.11. The van der Waals surface area contributed by atoms with Crippen molar-refractivity contribution in [3.63, 3.8) is 0 Å². The Hall–Kier alpha value is -0.650. The molecule has 0 aromatic heterocycles. The van der Waals surface area contributed by atoms with Gasteiger partial charge in [-0.1, -0.05) is 6.92 Å². The number of carbonyl (C=O) groups is 1. The van der Waals surface area contributed by atoms with Crippen molar-refractivity contribution in [2.75, 3.05) is 52.5 Å². The maximum Gasteiger partial charge on any atom is 0.304 e. The van der Waals surface area contributed by atoms with E-state index in [4.69, 9.17) is 9.84 Å². The van der Waals surface area contributed by atoms with Crippen LogP contribution in [0.2, 0.25) is 0 Å². The molecule has 0 amide bonds. The highest BCUT2D eigenvalue weighted by Crippen LogP contribution is 2.01. The Morgan fingerprint density at radius 1 is 1.28 bits per heavy atom. The third-order valence-electron chi connectivity index (χ3n) is 3.23. The van der Waals surface area contributed by atoms with Crippen LogP contribution in [-0.4, -0.2) is 73.4 Å². The molecule has 1 N–H and O–H groups in total. The lowest BCUT2D eigenvalue weighted by Crippen LogP contribution is -2.38. The number of aliphatic carboxylic acids is 1. The van der Waals surface area contributed by atoms with Crippen LogP contribution in [0.3, 0.4) is 0 Å². The zero-order valence-electron chi connectivity index (χ0n) is 11.4. The zero-order chi connectivity index (χ0) is 13.2. The molecule has 0 atom stereocenters. The molecule has 18 heavy (non-hydrogen) atoms. The number of carboxylic acids is 1. The van der Waals surface area contributed by atoms with Crippen LogP contribution in [0.5, 0.6) is 0 Å². The van der Waals surface area contributed by atoms with Crippen LogP contribution in [0.1, 0.15) is 26.2 Å². The lowest BCUT2D eigenvalue weighted by atomic mass is 10.3. The standard InChI is InChI=1S/C13H26N2O3/c1-2-5-14(8-4-13(16)17)6-3-7-15-9-11-18-12-10-15/h2-12H2,1H3,(H,16,17). The van der Waals surface area contributed by atoms with E-state index in [-0.39, 0.29) is 6.42 Å². The molecule has 1 fully saturated rings. The van der Waals surface area contributed by atoms with Crippen LogP contribution >= 0.6 is 0 Å². The molecule has 1 aliphatic rings. The number of ether oxygens (including phenoxy) is 1. The number of hydrogen-bond acceptors (Lipinski definition) is 4. The van der Waals surface area contributed by atoms with Gasteiger partial charge in [-0.25, -0.2) is 0 Å². The molecule has 1 saturated heterocycles. The minimum absolute atomic E-state index is 0.248. The van der Waals surface area contributed by atoms with Crippen LogP contribution in [-0.2, 0) is 9.53 Å². The molecule has 0 radical (unpaired) electrons. The molecule has 106 valence electrons. The molecule has 0 aromatic rings. The van der Waals surface area contributed by atoms with E-state index in [0.717, 1.165) is 58.8 Å². The summed E-state index contributed by atoms with van der Waals surface area (Å²) in [5, 5.41) is 8.71. The largest absolute Gasteiger partial charge is 0.481 e. The summed E-state index contributed by atoms with van der Waals surface area (Å²) >= 11 is 0. The van der Waals surface area contributed by atoms with Gasteiger partial charge >= 0.3 is 5.97 Å². The number of carboxylic acid groups (broad SMARTS) is 1. The van der Waals surface area contributed by atoms with Gasteiger partial charge in [0.15, 0.2) is 0 Å². The molecule has 0 bridgehead atoms. The Balaban J connectivity index is 2.13. The summed E-state index contributed by atoms with van der Waals surface area (Å²) in [6, 6.07) is 0. The summed E-state index contributed by atoms with van der Waals surface area (Å²) in [7, 11) is 0. The molecule has 1 rings (SSSR count). The van der Waals surface area contributed by atoms with Crippen LogP contribution < -0.4 is 0 Å².